The molecule has 4 nitrogen and oxygen atoms in total. The molecular formula is C14H21N3O. The predicted octanol–water partition coefficient (Wildman–Crippen LogP) is 1.70. The molecule has 3 N–H and O–H groups in total. The second kappa shape index (κ2) is 5.98. The number of benzene rings is 1. The Morgan fingerprint density at radius 3 is 2.89 bits per heavy atom. The maximum atomic E-state index is 9.18. The van der Waals surface area contributed by atoms with E-state index < -0.39 is 0 Å². The van der Waals surface area contributed by atoms with Crippen LogP contribution in [0.15, 0.2) is 24.3 Å². The molecule has 18 heavy (non-hydrogen) atoms. The first-order valence-electron chi connectivity index (χ1n) is 6.56. The fourth-order valence-corrected chi connectivity index (χ4v) is 2.34. The number of imidazole rings is 1. The third-order valence-electron chi connectivity index (χ3n) is 3.16. The molecule has 1 aromatic heterocycles. The van der Waals surface area contributed by atoms with Crippen LogP contribution in [-0.4, -0.2) is 27.3 Å². The highest BCUT2D eigenvalue weighted by Crippen LogP contribution is 2.17. The maximum absolute atomic E-state index is 9.18. The van der Waals surface area contributed by atoms with E-state index in [2.05, 4.69) is 16.5 Å². The first kappa shape index (κ1) is 13.1. The zero-order valence-electron chi connectivity index (χ0n) is 10.8. The SMILES string of the molecule is CCCC(N)Cc1nc2ccccc2n1CCO. The Hall–Kier alpha value is -1.39. The highest BCUT2D eigenvalue weighted by molar-refractivity contribution is 5.75. The second-order valence-corrected chi connectivity index (χ2v) is 4.64. The molecule has 0 saturated carbocycles. The van der Waals surface area contributed by atoms with Gasteiger partial charge in [-0.1, -0.05) is 25.5 Å². The first-order valence-corrected chi connectivity index (χ1v) is 6.56. The Bertz CT molecular complexity index is 507. The fraction of sp³-hybridized carbons (Fsp3) is 0.500. The van der Waals surface area contributed by atoms with Crippen LogP contribution in [-0.2, 0) is 13.0 Å². The average Bonchev–Trinajstić information content (AvgIpc) is 2.68. The summed E-state index contributed by atoms with van der Waals surface area (Å²) in [5.41, 5.74) is 8.14. The fourth-order valence-electron chi connectivity index (χ4n) is 2.34. The Morgan fingerprint density at radius 2 is 2.17 bits per heavy atom. The number of para-hydroxylation sites is 2. The highest BCUT2D eigenvalue weighted by atomic mass is 16.3. The van der Waals surface area contributed by atoms with E-state index in [4.69, 9.17) is 5.73 Å². The standard InChI is InChI=1S/C14H21N3O/c1-2-5-11(15)10-14-16-12-6-3-4-7-13(12)17(14)8-9-18/h3-4,6-7,11,18H,2,5,8-10,15H2,1H3. The van der Waals surface area contributed by atoms with Crippen LogP contribution in [0, 0.1) is 0 Å². The Labute approximate surface area is 107 Å². The van der Waals surface area contributed by atoms with Crippen LogP contribution < -0.4 is 5.73 Å². The van der Waals surface area contributed by atoms with E-state index in [1.165, 1.54) is 0 Å². The molecule has 4 heteroatoms. The minimum absolute atomic E-state index is 0.121. The van der Waals surface area contributed by atoms with Crippen molar-refractivity contribution in [1.29, 1.82) is 0 Å². The molecule has 2 aromatic rings. The molecule has 0 bridgehead atoms. The van der Waals surface area contributed by atoms with Crippen LogP contribution in [0.25, 0.3) is 11.0 Å². The summed E-state index contributed by atoms with van der Waals surface area (Å²) in [6.45, 7) is 2.83. The van der Waals surface area contributed by atoms with Crippen molar-refractivity contribution in [3.63, 3.8) is 0 Å². The minimum Gasteiger partial charge on any atom is -0.395 e. The second-order valence-electron chi connectivity index (χ2n) is 4.64. The van der Waals surface area contributed by atoms with Crippen LogP contribution in [0.4, 0.5) is 0 Å². The van der Waals surface area contributed by atoms with Gasteiger partial charge in [0.25, 0.3) is 0 Å². The zero-order chi connectivity index (χ0) is 13.0. The summed E-state index contributed by atoms with van der Waals surface area (Å²) >= 11 is 0. The lowest BCUT2D eigenvalue weighted by atomic mass is 10.1. The van der Waals surface area contributed by atoms with Gasteiger partial charge in [0.15, 0.2) is 0 Å². The molecule has 1 aromatic carbocycles. The number of aromatic nitrogens is 2. The van der Waals surface area contributed by atoms with E-state index in [1.807, 2.05) is 24.3 Å². The number of nitrogens with two attached hydrogens (primary N) is 1. The highest BCUT2D eigenvalue weighted by Gasteiger charge is 2.12. The summed E-state index contributed by atoms with van der Waals surface area (Å²) in [6.07, 6.45) is 2.85. The van der Waals surface area contributed by atoms with Crippen LogP contribution in [0.2, 0.25) is 0 Å². The molecule has 0 aliphatic carbocycles. The van der Waals surface area contributed by atoms with Gasteiger partial charge in [0.1, 0.15) is 5.82 Å². The first-order chi connectivity index (χ1) is 8.76. The average molecular weight is 247 g/mol. The number of aliphatic hydroxyl groups excluding tert-OH is 1. The normalized spacial score (nSPS) is 13.1. The summed E-state index contributed by atoms with van der Waals surface area (Å²) in [7, 11) is 0. The van der Waals surface area contributed by atoms with Crippen molar-refractivity contribution in [1.82, 2.24) is 9.55 Å². The smallest absolute Gasteiger partial charge is 0.111 e. The van der Waals surface area contributed by atoms with Crippen molar-refractivity contribution in [2.75, 3.05) is 6.61 Å². The summed E-state index contributed by atoms with van der Waals surface area (Å²) in [6, 6.07) is 8.15. The molecule has 0 spiro atoms. The van der Waals surface area contributed by atoms with Crippen molar-refractivity contribution < 1.29 is 5.11 Å². The summed E-state index contributed by atoms with van der Waals surface area (Å²) < 4.78 is 2.07. The molecule has 1 atom stereocenters. The minimum atomic E-state index is 0.121. The zero-order valence-corrected chi connectivity index (χ0v) is 10.8. The molecule has 1 unspecified atom stereocenters. The van der Waals surface area contributed by atoms with Gasteiger partial charge in [-0.05, 0) is 18.6 Å². The largest absolute Gasteiger partial charge is 0.395 e. The van der Waals surface area contributed by atoms with E-state index >= 15 is 0 Å². The van der Waals surface area contributed by atoms with Crippen molar-refractivity contribution >= 4 is 11.0 Å². The van der Waals surface area contributed by atoms with E-state index in [-0.39, 0.29) is 12.6 Å². The van der Waals surface area contributed by atoms with Crippen molar-refractivity contribution in [3.05, 3.63) is 30.1 Å². The molecule has 0 aliphatic rings. The Morgan fingerprint density at radius 1 is 1.39 bits per heavy atom. The molecule has 0 fully saturated rings. The quantitative estimate of drug-likeness (QED) is 0.816. The number of aliphatic hydroxyl groups is 1. The van der Waals surface area contributed by atoms with Crippen molar-refractivity contribution in [2.45, 2.75) is 38.8 Å². The van der Waals surface area contributed by atoms with Gasteiger partial charge in [-0.2, -0.15) is 0 Å². The number of hydrogen-bond acceptors (Lipinski definition) is 3. The molecule has 0 saturated heterocycles. The molecule has 1 heterocycles. The lowest BCUT2D eigenvalue weighted by Crippen LogP contribution is -2.24. The van der Waals surface area contributed by atoms with E-state index in [9.17, 15) is 5.11 Å². The molecule has 98 valence electrons. The number of rotatable bonds is 6. The lowest BCUT2D eigenvalue weighted by molar-refractivity contribution is 0.275. The lowest BCUT2D eigenvalue weighted by Gasteiger charge is -2.12. The van der Waals surface area contributed by atoms with Crippen LogP contribution >= 0.6 is 0 Å². The summed E-state index contributed by atoms with van der Waals surface area (Å²) in [5.74, 6) is 0.978. The van der Waals surface area contributed by atoms with E-state index in [0.717, 1.165) is 36.1 Å². The monoisotopic (exact) mass is 247 g/mol. The van der Waals surface area contributed by atoms with Gasteiger partial charge in [-0.25, -0.2) is 4.98 Å². The topological polar surface area (TPSA) is 64.1 Å². The Balaban J connectivity index is 2.33. The third-order valence-corrected chi connectivity index (χ3v) is 3.16. The van der Waals surface area contributed by atoms with Gasteiger partial charge in [-0.3, -0.25) is 0 Å². The Kier molecular flexibility index (Phi) is 4.33. The maximum Gasteiger partial charge on any atom is 0.111 e. The number of hydrogen-bond donors (Lipinski definition) is 2. The van der Waals surface area contributed by atoms with Gasteiger partial charge in [0.05, 0.1) is 17.6 Å². The third kappa shape index (κ3) is 2.71. The van der Waals surface area contributed by atoms with E-state index in [0.29, 0.717) is 6.54 Å². The van der Waals surface area contributed by atoms with Gasteiger partial charge in [0, 0.05) is 19.0 Å². The molecule has 0 radical (unpaired) electrons. The van der Waals surface area contributed by atoms with Crippen molar-refractivity contribution in [3.8, 4) is 0 Å². The number of fused-ring (bicyclic) bond motifs is 1. The van der Waals surface area contributed by atoms with Crippen molar-refractivity contribution in [2.24, 2.45) is 5.73 Å². The van der Waals surface area contributed by atoms with Gasteiger partial charge >= 0.3 is 0 Å². The van der Waals surface area contributed by atoms with Crippen LogP contribution in [0.3, 0.4) is 0 Å². The predicted molar refractivity (Wildman–Crippen MR) is 73.4 cm³/mol. The van der Waals surface area contributed by atoms with Gasteiger partial charge < -0.3 is 15.4 Å². The van der Waals surface area contributed by atoms with Gasteiger partial charge in [-0.15, -0.1) is 0 Å². The summed E-state index contributed by atoms with van der Waals surface area (Å²) in [5, 5.41) is 9.18. The molecule has 0 amide bonds. The van der Waals surface area contributed by atoms with Crippen LogP contribution in [0.5, 0.6) is 0 Å². The van der Waals surface area contributed by atoms with E-state index in [1.54, 1.807) is 0 Å². The number of nitrogens with zero attached hydrogens (tertiary/aromatic N) is 2. The molecule has 2 rings (SSSR count). The summed E-state index contributed by atoms with van der Waals surface area (Å²) in [4.78, 5) is 4.63. The van der Waals surface area contributed by atoms with Crippen LogP contribution in [0.1, 0.15) is 25.6 Å². The van der Waals surface area contributed by atoms with Gasteiger partial charge in [0.2, 0.25) is 0 Å². The molecule has 0 aliphatic heterocycles. The molecular weight excluding hydrogens is 226 g/mol.